The number of rotatable bonds is 10. The first-order valence-corrected chi connectivity index (χ1v) is 7.84. The topological polar surface area (TPSA) is 20.9 Å². The van der Waals surface area contributed by atoms with Crippen LogP contribution in [0.25, 0.3) is 0 Å². The van der Waals surface area contributed by atoms with Gasteiger partial charge in [-0.05, 0) is 6.42 Å². The molecule has 0 aromatic carbocycles. The largest absolute Gasteiger partial charge is 0.392 e. The molecule has 19 heavy (non-hydrogen) atoms. The van der Waals surface area contributed by atoms with Crippen LogP contribution >= 0.6 is 0 Å². The number of carbonyl (C=O) groups is 1. The summed E-state index contributed by atoms with van der Waals surface area (Å²) in [5.74, 6) is 0.212. The molecule has 0 atom stereocenters. The van der Waals surface area contributed by atoms with Crippen molar-refractivity contribution in [1.29, 1.82) is 0 Å². The van der Waals surface area contributed by atoms with E-state index in [-0.39, 0.29) is 5.91 Å². The molecule has 0 aliphatic carbocycles. The van der Waals surface area contributed by atoms with Crippen molar-refractivity contribution < 1.29 is 9.36 Å². The summed E-state index contributed by atoms with van der Waals surface area (Å²) in [5.41, 5.74) is 0. The number of unbranched alkanes of at least 4 members (excludes halogenated alkanes) is 8. The Balaban J connectivity index is 1.95. The Kier molecular flexibility index (Phi) is 8.95. The standard InChI is InChI=1S/C17H28NO/c1-2-3-4-5-6-7-8-9-11-14-17(19)18-15-12-10-13-16-18/h10,12-13,15-16H,2-9,11,14H2,1H3/q+1. The molecule has 1 heterocycles. The first-order valence-electron chi connectivity index (χ1n) is 7.84. The number of hydrogen-bond acceptors (Lipinski definition) is 1. The number of nitrogens with zero attached hydrogens (tertiary/aromatic N) is 1. The third kappa shape index (κ3) is 7.76. The van der Waals surface area contributed by atoms with Gasteiger partial charge in [0.15, 0.2) is 12.4 Å². The molecule has 0 fully saturated rings. The first kappa shape index (κ1) is 15.9. The Bertz CT molecular complexity index is 334. The van der Waals surface area contributed by atoms with Crippen molar-refractivity contribution in [3.05, 3.63) is 30.6 Å². The average molecular weight is 262 g/mol. The van der Waals surface area contributed by atoms with Crippen LogP contribution in [0.3, 0.4) is 0 Å². The predicted octanol–water partition coefficient (Wildman–Crippen LogP) is 4.54. The van der Waals surface area contributed by atoms with Crippen molar-refractivity contribution in [1.82, 2.24) is 0 Å². The van der Waals surface area contributed by atoms with E-state index in [2.05, 4.69) is 6.92 Å². The minimum Gasteiger partial charge on any atom is -0.219 e. The van der Waals surface area contributed by atoms with Crippen LogP contribution in [0.5, 0.6) is 0 Å². The Hall–Kier alpha value is -1.18. The Morgan fingerprint density at radius 3 is 1.89 bits per heavy atom. The average Bonchev–Trinajstić information content (AvgIpc) is 2.46. The lowest BCUT2D eigenvalue weighted by Crippen LogP contribution is -2.41. The van der Waals surface area contributed by atoms with Gasteiger partial charge in [0.2, 0.25) is 0 Å². The van der Waals surface area contributed by atoms with Gasteiger partial charge >= 0.3 is 5.91 Å². The molecule has 0 aliphatic rings. The summed E-state index contributed by atoms with van der Waals surface area (Å²) in [5, 5.41) is 0. The molecule has 0 N–H and O–H groups in total. The minimum absolute atomic E-state index is 0.212. The summed E-state index contributed by atoms with van der Waals surface area (Å²) >= 11 is 0. The van der Waals surface area contributed by atoms with Gasteiger partial charge in [-0.15, -0.1) is 4.57 Å². The molecule has 1 rings (SSSR count). The van der Waals surface area contributed by atoms with Gasteiger partial charge in [0.1, 0.15) is 0 Å². The van der Waals surface area contributed by atoms with Gasteiger partial charge in [-0.2, -0.15) is 0 Å². The normalized spacial score (nSPS) is 10.6. The number of carbonyl (C=O) groups excluding carboxylic acids is 1. The fraction of sp³-hybridized carbons (Fsp3) is 0.647. The molecule has 0 spiro atoms. The van der Waals surface area contributed by atoms with Crippen molar-refractivity contribution in [2.75, 3.05) is 0 Å². The SMILES string of the molecule is CCCCCCCCCCCC(=O)[n+]1ccccc1. The maximum atomic E-state index is 11.8. The van der Waals surface area contributed by atoms with Crippen LogP contribution in [-0.4, -0.2) is 5.91 Å². The first-order chi connectivity index (χ1) is 9.34. The van der Waals surface area contributed by atoms with Crippen LogP contribution in [0.2, 0.25) is 0 Å². The maximum absolute atomic E-state index is 11.8. The van der Waals surface area contributed by atoms with E-state index >= 15 is 0 Å². The number of pyridine rings is 1. The van der Waals surface area contributed by atoms with Crippen LogP contribution in [0.4, 0.5) is 0 Å². The van der Waals surface area contributed by atoms with E-state index in [1.165, 1.54) is 51.4 Å². The van der Waals surface area contributed by atoms with Gasteiger partial charge in [0.25, 0.3) is 0 Å². The molecule has 0 bridgehead atoms. The van der Waals surface area contributed by atoms with Crippen molar-refractivity contribution in [3.63, 3.8) is 0 Å². The van der Waals surface area contributed by atoms with E-state index in [4.69, 9.17) is 0 Å². The molecule has 1 aromatic rings. The summed E-state index contributed by atoms with van der Waals surface area (Å²) in [6.45, 7) is 2.25. The summed E-state index contributed by atoms with van der Waals surface area (Å²) in [4.78, 5) is 11.8. The Labute approximate surface area is 117 Å². The Morgan fingerprint density at radius 2 is 1.32 bits per heavy atom. The van der Waals surface area contributed by atoms with Crippen molar-refractivity contribution >= 4 is 5.91 Å². The third-order valence-corrected chi connectivity index (χ3v) is 3.50. The monoisotopic (exact) mass is 262 g/mol. The molecule has 0 saturated carbocycles. The van der Waals surface area contributed by atoms with Gasteiger partial charge in [-0.3, -0.25) is 0 Å². The Morgan fingerprint density at radius 1 is 0.789 bits per heavy atom. The van der Waals surface area contributed by atoms with E-state index in [0.717, 1.165) is 6.42 Å². The fourth-order valence-electron chi connectivity index (χ4n) is 2.28. The lowest BCUT2D eigenvalue weighted by Gasteiger charge is -2.00. The summed E-state index contributed by atoms with van der Waals surface area (Å²) < 4.78 is 1.69. The molecular weight excluding hydrogens is 234 g/mol. The smallest absolute Gasteiger partial charge is 0.219 e. The fourth-order valence-corrected chi connectivity index (χ4v) is 2.28. The zero-order valence-corrected chi connectivity index (χ0v) is 12.3. The molecule has 0 aliphatic heterocycles. The van der Waals surface area contributed by atoms with Gasteiger partial charge in [0, 0.05) is 12.1 Å². The highest BCUT2D eigenvalue weighted by Crippen LogP contribution is 2.10. The molecule has 0 saturated heterocycles. The predicted molar refractivity (Wildman–Crippen MR) is 79.1 cm³/mol. The van der Waals surface area contributed by atoms with Crippen molar-refractivity contribution in [2.45, 2.75) is 71.1 Å². The van der Waals surface area contributed by atoms with Crippen molar-refractivity contribution in [3.8, 4) is 0 Å². The number of hydrogen-bond donors (Lipinski definition) is 0. The summed E-state index contributed by atoms with van der Waals surface area (Å²) in [7, 11) is 0. The van der Waals surface area contributed by atoms with Crippen LogP contribution in [0, 0.1) is 0 Å². The van der Waals surface area contributed by atoms with E-state index < -0.39 is 0 Å². The van der Waals surface area contributed by atoms with E-state index in [1.54, 1.807) is 4.57 Å². The second-order valence-corrected chi connectivity index (χ2v) is 5.25. The molecule has 0 unspecified atom stereocenters. The molecular formula is C17H28NO+. The van der Waals surface area contributed by atoms with Crippen LogP contribution in [0.1, 0.15) is 75.9 Å². The second-order valence-electron chi connectivity index (χ2n) is 5.25. The highest BCUT2D eigenvalue weighted by molar-refractivity contribution is 5.66. The highest BCUT2D eigenvalue weighted by Gasteiger charge is 2.11. The zero-order chi connectivity index (χ0) is 13.8. The molecule has 0 radical (unpaired) electrons. The summed E-state index contributed by atoms with van der Waals surface area (Å²) in [6.07, 6.45) is 16.0. The van der Waals surface area contributed by atoms with Gasteiger partial charge in [-0.25, -0.2) is 4.79 Å². The molecule has 1 aromatic heterocycles. The highest BCUT2D eigenvalue weighted by atomic mass is 16.1. The van der Waals surface area contributed by atoms with Gasteiger partial charge < -0.3 is 0 Å². The quantitative estimate of drug-likeness (QED) is 0.448. The lowest BCUT2D eigenvalue weighted by molar-refractivity contribution is -0.574. The zero-order valence-electron chi connectivity index (χ0n) is 12.3. The van der Waals surface area contributed by atoms with E-state index in [9.17, 15) is 4.79 Å². The minimum atomic E-state index is 0.212. The second kappa shape index (κ2) is 10.7. The molecule has 2 nitrogen and oxygen atoms in total. The molecule has 0 amide bonds. The summed E-state index contributed by atoms with van der Waals surface area (Å²) in [6, 6.07) is 5.73. The molecule has 2 heteroatoms. The van der Waals surface area contributed by atoms with Gasteiger partial charge in [0.05, 0.1) is 6.42 Å². The van der Waals surface area contributed by atoms with Gasteiger partial charge in [-0.1, -0.05) is 64.4 Å². The van der Waals surface area contributed by atoms with Crippen LogP contribution in [0.15, 0.2) is 30.6 Å². The van der Waals surface area contributed by atoms with Crippen molar-refractivity contribution in [2.24, 2.45) is 0 Å². The van der Waals surface area contributed by atoms with E-state index in [0.29, 0.717) is 6.42 Å². The third-order valence-electron chi connectivity index (χ3n) is 3.50. The number of aromatic nitrogens is 1. The lowest BCUT2D eigenvalue weighted by atomic mass is 10.1. The van der Waals surface area contributed by atoms with Crippen LogP contribution < -0.4 is 4.57 Å². The van der Waals surface area contributed by atoms with E-state index in [1.807, 2.05) is 30.6 Å². The maximum Gasteiger partial charge on any atom is 0.392 e. The molecule has 106 valence electrons. The van der Waals surface area contributed by atoms with Crippen LogP contribution in [-0.2, 0) is 0 Å².